The zero-order chi connectivity index (χ0) is 9.97. The Morgan fingerprint density at radius 2 is 0.929 bits per heavy atom. The zero-order valence-corrected chi connectivity index (χ0v) is 8.60. The number of nitrogens with zero attached hydrogens (tertiary/aromatic N) is 2. The average Bonchev–Trinajstić information content (AvgIpc) is 2.21. The molecule has 2 fully saturated rings. The van der Waals surface area contributed by atoms with Crippen LogP contribution in [0, 0.1) is 0 Å². The summed E-state index contributed by atoms with van der Waals surface area (Å²) in [4.78, 5) is 0. The van der Waals surface area contributed by atoms with E-state index < -0.39 is 0 Å². The summed E-state index contributed by atoms with van der Waals surface area (Å²) >= 11 is 0. The fourth-order valence-corrected chi connectivity index (χ4v) is 2.27. The summed E-state index contributed by atoms with van der Waals surface area (Å²) in [5.41, 5.74) is 0. The van der Waals surface area contributed by atoms with Crippen molar-refractivity contribution in [2.45, 2.75) is 37.9 Å². The maximum Gasteiger partial charge on any atom is 0.0565 e. The monoisotopic (exact) mass is 200 g/mol. The minimum atomic E-state index is -0.0957. The van der Waals surface area contributed by atoms with E-state index in [4.69, 9.17) is 0 Å². The van der Waals surface area contributed by atoms with Crippen molar-refractivity contribution in [1.82, 2.24) is 10.0 Å². The van der Waals surface area contributed by atoms with Crippen molar-refractivity contribution < 1.29 is 10.2 Å². The van der Waals surface area contributed by atoms with Crippen molar-refractivity contribution in [3.05, 3.63) is 0 Å². The van der Waals surface area contributed by atoms with Gasteiger partial charge in [0.25, 0.3) is 0 Å². The Balaban J connectivity index is 1.78. The van der Waals surface area contributed by atoms with Gasteiger partial charge in [0.05, 0.1) is 12.2 Å². The highest BCUT2D eigenvalue weighted by Gasteiger charge is 2.25. The molecule has 14 heavy (non-hydrogen) atoms. The topological polar surface area (TPSA) is 46.9 Å². The number of rotatable bonds is 1. The molecule has 2 N–H and O–H groups in total. The summed E-state index contributed by atoms with van der Waals surface area (Å²) in [6, 6.07) is 0. The van der Waals surface area contributed by atoms with Gasteiger partial charge in [0.15, 0.2) is 0 Å². The Kier molecular flexibility index (Phi) is 3.38. The third-order valence-electron chi connectivity index (χ3n) is 3.28. The number of piperidine rings is 2. The third-order valence-corrected chi connectivity index (χ3v) is 3.28. The molecule has 2 aliphatic rings. The van der Waals surface area contributed by atoms with Gasteiger partial charge in [-0.3, -0.25) is 0 Å². The van der Waals surface area contributed by atoms with E-state index in [1.807, 2.05) is 0 Å². The first kappa shape index (κ1) is 10.4. The smallest absolute Gasteiger partial charge is 0.0565 e. The molecule has 0 bridgehead atoms. The van der Waals surface area contributed by atoms with E-state index in [0.717, 1.165) is 51.9 Å². The van der Waals surface area contributed by atoms with Crippen LogP contribution in [0.25, 0.3) is 0 Å². The Bertz CT molecular complexity index is 153. The lowest BCUT2D eigenvalue weighted by Crippen LogP contribution is -2.51. The Hall–Kier alpha value is -0.160. The third kappa shape index (κ3) is 2.45. The molecule has 0 spiro atoms. The van der Waals surface area contributed by atoms with Crippen molar-refractivity contribution in [3.63, 3.8) is 0 Å². The zero-order valence-electron chi connectivity index (χ0n) is 8.60. The van der Waals surface area contributed by atoms with Gasteiger partial charge in [0.1, 0.15) is 0 Å². The average molecular weight is 200 g/mol. The van der Waals surface area contributed by atoms with Crippen LogP contribution in [-0.2, 0) is 0 Å². The lowest BCUT2D eigenvalue weighted by atomic mass is 10.1. The molecular formula is C10H20N2O2. The molecule has 4 nitrogen and oxygen atoms in total. The number of hydrogen-bond acceptors (Lipinski definition) is 4. The van der Waals surface area contributed by atoms with Gasteiger partial charge in [-0.25, -0.2) is 10.0 Å². The molecule has 0 aromatic carbocycles. The van der Waals surface area contributed by atoms with E-state index in [1.165, 1.54) is 0 Å². The Morgan fingerprint density at radius 3 is 1.21 bits per heavy atom. The van der Waals surface area contributed by atoms with Crippen molar-refractivity contribution in [2.24, 2.45) is 0 Å². The highest BCUT2D eigenvalue weighted by Crippen LogP contribution is 2.17. The van der Waals surface area contributed by atoms with E-state index in [0.29, 0.717) is 0 Å². The summed E-state index contributed by atoms with van der Waals surface area (Å²) in [6.07, 6.45) is 3.36. The van der Waals surface area contributed by atoms with Crippen LogP contribution in [0.2, 0.25) is 0 Å². The van der Waals surface area contributed by atoms with Crippen LogP contribution >= 0.6 is 0 Å². The van der Waals surface area contributed by atoms with Crippen LogP contribution in [0.5, 0.6) is 0 Å². The highest BCUT2D eigenvalue weighted by molar-refractivity contribution is 4.74. The lowest BCUT2D eigenvalue weighted by molar-refractivity contribution is -0.0903. The molecule has 0 aromatic heterocycles. The predicted molar refractivity (Wildman–Crippen MR) is 53.6 cm³/mol. The highest BCUT2D eigenvalue weighted by atomic mass is 16.3. The van der Waals surface area contributed by atoms with E-state index in [2.05, 4.69) is 10.0 Å². The van der Waals surface area contributed by atoms with Crippen LogP contribution in [-0.4, -0.2) is 58.6 Å². The molecule has 0 atom stereocenters. The second kappa shape index (κ2) is 4.57. The molecule has 0 aromatic rings. The van der Waals surface area contributed by atoms with Gasteiger partial charge >= 0.3 is 0 Å². The van der Waals surface area contributed by atoms with E-state index in [-0.39, 0.29) is 12.2 Å². The molecule has 2 saturated heterocycles. The van der Waals surface area contributed by atoms with Gasteiger partial charge in [0.2, 0.25) is 0 Å². The fourth-order valence-electron chi connectivity index (χ4n) is 2.27. The summed E-state index contributed by atoms with van der Waals surface area (Å²) in [6.45, 7) is 3.88. The van der Waals surface area contributed by atoms with Crippen molar-refractivity contribution in [2.75, 3.05) is 26.2 Å². The lowest BCUT2D eigenvalue weighted by Gasteiger charge is -2.41. The summed E-state index contributed by atoms with van der Waals surface area (Å²) in [7, 11) is 0. The van der Waals surface area contributed by atoms with Gasteiger partial charge in [-0.15, -0.1) is 0 Å². The molecule has 2 aliphatic heterocycles. The van der Waals surface area contributed by atoms with E-state index >= 15 is 0 Å². The molecule has 0 aliphatic carbocycles. The maximum atomic E-state index is 9.38. The molecule has 4 heteroatoms. The number of hydrogen-bond donors (Lipinski definition) is 2. The molecule has 82 valence electrons. The van der Waals surface area contributed by atoms with Gasteiger partial charge in [0, 0.05) is 26.2 Å². The SMILES string of the molecule is OC1CCN(N2CCC(O)CC2)CC1. The minimum Gasteiger partial charge on any atom is -0.393 e. The van der Waals surface area contributed by atoms with Crippen molar-refractivity contribution >= 4 is 0 Å². The van der Waals surface area contributed by atoms with Gasteiger partial charge in [-0.05, 0) is 25.7 Å². The quantitative estimate of drug-likeness (QED) is 0.616. The van der Waals surface area contributed by atoms with Crippen molar-refractivity contribution in [3.8, 4) is 0 Å². The molecule has 0 radical (unpaired) electrons. The second-order valence-corrected chi connectivity index (χ2v) is 4.37. The standard InChI is InChI=1S/C10H20N2O2/c13-9-1-5-11(6-2-9)12-7-3-10(14)4-8-12/h9-10,13-14H,1-8H2. The predicted octanol–water partition coefficient (Wildman–Crippen LogP) is -0.185. The van der Waals surface area contributed by atoms with Crippen LogP contribution in [0.4, 0.5) is 0 Å². The van der Waals surface area contributed by atoms with Crippen LogP contribution in [0.3, 0.4) is 0 Å². The van der Waals surface area contributed by atoms with Crippen LogP contribution < -0.4 is 0 Å². The van der Waals surface area contributed by atoms with Gasteiger partial charge < -0.3 is 10.2 Å². The normalized spacial score (nSPS) is 29.6. The van der Waals surface area contributed by atoms with Gasteiger partial charge in [-0.2, -0.15) is 0 Å². The second-order valence-electron chi connectivity index (χ2n) is 4.37. The summed E-state index contributed by atoms with van der Waals surface area (Å²) in [5, 5.41) is 23.4. The number of aliphatic hydroxyl groups excluding tert-OH is 2. The van der Waals surface area contributed by atoms with Crippen molar-refractivity contribution in [1.29, 1.82) is 0 Å². The van der Waals surface area contributed by atoms with Crippen LogP contribution in [0.15, 0.2) is 0 Å². The Labute approximate surface area is 85.1 Å². The molecular weight excluding hydrogens is 180 g/mol. The number of hydrazine groups is 1. The Morgan fingerprint density at radius 1 is 0.643 bits per heavy atom. The number of aliphatic hydroxyl groups is 2. The van der Waals surface area contributed by atoms with E-state index in [1.54, 1.807) is 0 Å². The molecule has 2 rings (SSSR count). The first-order valence-electron chi connectivity index (χ1n) is 5.61. The first-order valence-corrected chi connectivity index (χ1v) is 5.61. The van der Waals surface area contributed by atoms with E-state index in [9.17, 15) is 10.2 Å². The minimum absolute atomic E-state index is 0.0957. The summed E-state index contributed by atoms with van der Waals surface area (Å²) in [5.74, 6) is 0. The molecule has 0 unspecified atom stereocenters. The summed E-state index contributed by atoms with van der Waals surface area (Å²) < 4.78 is 0. The fraction of sp³-hybridized carbons (Fsp3) is 1.00. The molecule has 2 heterocycles. The largest absolute Gasteiger partial charge is 0.393 e. The first-order chi connectivity index (χ1) is 6.75. The van der Waals surface area contributed by atoms with Gasteiger partial charge in [-0.1, -0.05) is 0 Å². The molecule has 0 saturated carbocycles. The maximum absolute atomic E-state index is 9.38. The van der Waals surface area contributed by atoms with Crippen LogP contribution in [0.1, 0.15) is 25.7 Å². The molecule has 0 amide bonds.